The smallest absolute Gasteiger partial charge is 0.267 e. The van der Waals surface area contributed by atoms with Gasteiger partial charge in [0.05, 0.1) is 11.1 Å². The molecule has 0 atom stereocenters. The fourth-order valence-electron chi connectivity index (χ4n) is 2.33. The molecule has 0 radical (unpaired) electrons. The molecule has 2 aromatic carbocycles. The summed E-state index contributed by atoms with van der Waals surface area (Å²) < 4.78 is 0. The lowest BCUT2D eigenvalue weighted by Crippen LogP contribution is -2.49. The maximum atomic E-state index is 12.3. The largest absolute Gasteiger partial charge is 0.276 e. The van der Waals surface area contributed by atoms with Crippen molar-refractivity contribution in [1.82, 2.24) is 10.4 Å². The highest BCUT2D eigenvalue weighted by atomic mass is 35.5. The first kappa shape index (κ1) is 14.2. The highest BCUT2D eigenvalue weighted by Crippen LogP contribution is 2.28. The van der Waals surface area contributed by atoms with Gasteiger partial charge in [-0.1, -0.05) is 30.3 Å². The third-order valence-corrected chi connectivity index (χ3v) is 3.17. The normalized spacial score (nSPS) is 13.3. The molecule has 0 aliphatic carbocycles. The minimum Gasteiger partial charge on any atom is -0.267 e. The fraction of sp³-hybridized carbons (Fsp3) is 0.0667. The minimum absolute atomic E-state index is 0. The Morgan fingerprint density at radius 1 is 1.05 bits per heavy atom. The van der Waals surface area contributed by atoms with E-state index in [0.29, 0.717) is 17.7 Å². The number of amides is 2. The molecule has 1 N–H and O–H groups in total. The standard InChI is InChI=1S/C15H12N2O2.ClH/c1-2-9-16-17-14(18)11-7-3-5-10-6-4-8-12(13(10)11)15(17)19;/h2-8,16H,1,9H2;1H. The highest BCUT2D eigenvalue weighted by molar-refractivity contribution is 6.25. The third-order valence-electron chi connectivity index (χ3n) is 3.17. The fourth-order valence-corrected chi connectivity index (χ4v) is 2.33. The minimum atomic E-state index is -0.323. The predicted octanol–water partition coefficient (Wildman–Crippen LogP) is 2.55. The van der Waals surface area contributed by atoms with E-state index in [0.717, 1.165) is 15.8 Å². The van der Waals surface area contributed by atoms with Crippen LogP contribution in [0.2, 0.25) is 0 Å². The van der Waals surface area contributed by atoms with E-state index in [2.05, 4.69) is 12.0 Å². The van der Waals surface area contributed by atoms with E-state index >= 15 is 0 Å². The lowest BCUT2D eigenvalue weighted by atomic mass is 9.95. The maximum Gasteiger partial charge on any atom is 0.276 e. The van der Waals surface area contributed by atoms with E-state index in [1.54, 1.807) is 18.2 Å². The molecule has 4 nitrogen and oxygen atoms in total. The lowest BCUT2D eigenvalue weighted by Gasteiger charge is -2.26. The van der Waals surface area contributed by atoms with Gasteiger partial charge < -0.3 is 0 Å². The molecule has 1 aliphatic rings. The van der Waals surface area contributed by atoms with E-state index in [-0.39, 0.29) is 24.2 Å². The van der Waals surface area contributed by atoms with Crippen LogP contribution in [0.4, 0.5) is 0 Å². The van der Waals surface area contributed by atoms with E-state index in [9.17, 15) is 9.59 Å². The summed E-state index contributed by atoms with van der Waals surface area (Å²) in [5.41, 5.74) is 3.86. The van der Waals surface area contributed by atoms with Crippen molar-refractivity contribution in [2.75, 3.05) is 6.54 Å². The van der Waals surface area contributed by atoms with Crippen molar-refractivity contribution in [3.8, 4) is 0 Å². The number of hydrazine groups is 1. The summed E-state index contributed by atoms with van der Waals surface area (Å²) in [6.07, 6.45) is 1.60. The Labute approximate surface area is 122 Å². The molecule has 0 unspecified atom stereocenters. The second-order valence-electron chi connectivity index (χ2n) is 4.31. The molecule has 1 heterocycles. The second-order valence-corrected chi connectivity index (χ2v) is 4.31. The summed E-state index contributed by atoms with van der Waals surface area (Å²) in [5, 5.41) is 2.69. The zero-order valence-corrected chi connectivity index (χ0v) is 11.4. The van der Waals surface area contributed by atoms with Crippen LogP contribution in [-0.2, 0) is 0 Å². The Balaban J connectivity index is 0.00000147. The van der Waals surface area contributed by atoms with E-state index in [1.807, 2.05) is 24.3 Å². The molecule has 0 aromatic heterocycles. The van der Waals surface area contributed by atoms with Crippen molar-refractivity contribution < 1.29 is 9.59 Å². The van der Waals surface area contributed by atoms with Gasteiger partial charge >= 0.3 is 0 Å². The van der Waals surface area contributed by atoms with Gasteiger partial charge in [0, 0.05) is 11.9 Å². The van der Waals surface area contributed by atoms with Crippen LogP contribution in [0.25, 0.3) is 10.8 Å². The molecule has 2 aromatic rings. The number of carbonyl (C=O) groups is 2. The molecular formula is C15H13ClN2O2. The van der Waals surface area contributed by atoms with Gasteiger partial charge in [-0.05, 0) is 17.5 Å². The van der Waals surface area contributed by atoms with Crippen molar-refractivity contribution in [1.29, 1.82) is 0 Å². The van der Waals surface area contributed by atoms with Crippen LogP contribution in [0.15, 0.2) is 49.1 Å². The van der Waals surface area contributed by atoms with Crippen LogP contribution >= 0.6 is 12.4 Å². The Morgan fingerprint density at radius 2 is 1.60 bits per heavy atom. The number of nitrogens with zero attached hydrogens (tertiary/aromatic N) is 1. The highest BCUT2D eigenvalue weighted by Gasteiger charge is 2.32. The Bertz CT molecular complexity index is 661. The summed E-state index contributed by atoms with van der Waals surface area (Å²) >= 11 is 0. The zero-order valence-electron chi connectivity index (χ0n) is 10.6. The number of halogens is 1. The van der Waals surface area contributed by atoms with Crippen molar-refractivity contribution in [3.63, 3.8) is 0 Å². The van der Waals surface area contributed by atoms with Gasteiger partial charge in [0.25, 0.3) is 11.8 Å². The van der Waals surface area contributed by atoms with Gasteiger partial charge in [-0.2, -0.15) is 0 Å². The topological polar surface area (TPSA) is 49.4 Å². The number of hydrogen-bond acceptors (Lipinski definition) is 3. The molecule has 5 heteroatoms. The summed E-state index contributed by atoms with van der Waals surface area (Å²) in [7, 11) is 0. The molecular weight excluding hydrogens is 276 g/mol. The maximum absolute atomic E-state index is 12.3. The molecule has 0 saturated carbocycles. The van der Waals surface area contributed by atoms with Crippen molar-refractivity contribution in [2.24, 2.45) is 0 Å². The zero-order chi connectivity index (χ0) is 13.4. The Morgan fingerprint density at radius 3 is 2.10 bits per heavy atom. The van der Waals surface area contributed by atoms with Crippen LogP contribution in [0, 0.1) is 0 Å². The summed E-state index contributed by atoms with van der Waals surface area (Å²) in [4.78, 5) is 24.7. The van der Waals surface area contributed by atoms with Gasteiger partial charge in [-0.25, -0.2) is 10.4 Å². The van der Waals surface area contributed by atoms with Gasteiger partial charge in [0.15, 0.2) is 0 Å². The molecule has 0 bridgehead atoms. The quantitative estimate of drug-likeness (QED) is 0.697. The van der Waals surface area contributed by atoms with Crippen LogP contribution in [0.3, 0.4) is 0 Å². The Kier molecular flexibility index (Phi) is 3.88. The van der Waals surface area contributed by atoms with Crippen LogP contribution in [0.5, 0.6) is 0 Å². The number of carbonyl (C=O) groups excluding carboxylic acids is 2. The molecule has 0 saturated heterocycles. The van der Waals surface area contributed by atoms with Crippen molar-refractivity contribution in [2.45, 2.75) is 0 Å². The molecule has 2 amide bonds. The first-order valence-electron chi connectivity index (χ1n) is 5.99. The van der Waals surface area contributed by atoms with Crippen LogP contribution in [-0.4, -0.2) is 23.4 Å². The molecule has 102 valence electrons. The van der Waals surface area contributed by atoms with E-state index < -0.39 is 0 Å². The summed E-state index contributed by atoms with van der Waals surface area (Å²) in [6.45, 7) is 3.92. The first-order valence-corrected chi connectivity index (χ1v) is 5.99. The molecule has 1 aliphatic heterocycles. The van der Waals surface area contributed by atoms with Crippen LogP contribution < -0.4 is 5.43 Å². The second kappa shape index (κ2) is 5.45. The number of benzene rings is 2. The lowest BCUT2D eigenvalue weighted by molar-refractivity contribution is 0.0530. The van der Waals surface area contributed by atoms with Crippen LogP contribution in [0.1, 0.15) is 20.7 Å². The van der Waals surface area contributed by atoms with Gasteiger partial charge in [0.2, 0.25) is 0 Å². The number of hydrogen-bond donors (Lipinski definition) is 1. The molecule has 0 fully saturated rings. The van der Waals surface area contributed by atoms with Crippen molar-refractivity contribution in [3.05, 3.63) is 60.2 Å². The van der Waals surface area contributed by atoms with Crippen molar-refractivity contribution >= 4 is 35.0 Å². The van der Waals surface area contributed by atoms with E-state index in [4.69, 9.17) is 0 Å². The van der Waals surface area contributed by atoms with Gasteiger partial charge in [-0.3, -0.25) is 9.59 Å². The third kappa shape index (κ3) is 1.99. The first-order chi connectivity index (χ1) is 9.24. The molecule has 3 rings (SSSR count). The SMILES string of the molecule is C=CCNN1C(=O)c2cccc3cccc(c23)C1=O.Cl. The predicted molar refractivity (Wildman–Crippen MR) is 79.9 cm³/mol. The monoisotopic (exact) mass is 288 g/mol. The number of imide groups is 1. The average Bonchev–Trinajstić information content (AvgIpc) is 2.44. The Hall–Kier alpha value is -2.17. The molecule has 0 spiro atoms. The molecule has 20 heavy (non-hydrogen) atoms. The van der Waals surface area contributed by atoms with Gasteiger partial charge in [0.1, 0.15) is 0 Å². The van der Waals surface area contributed by atoms with Gasteiger partial charge in [-0.15, -0.1) is 19.0 Å². The average molecular weight is 289 g/mol. The number of nitrogens with one attached hydrogen (secondary N) is 1. The van der Waals surface area contributed by atoms with E-state index in [1.165, 1.54) is 0 Å². The number of rotatable bonds is 3. The summed E-state index contributed by atoms with van der Waals surface area (Å²) in [6, 6.07) is 10.9. The summed E-state index contributed by atoms with van der Waals surface area (Å²) in [5.74, 6) is -0.646.